The summed E-state index contributed by atoms with van der Waals surface area (Å²) in [4.78, 5) is 23.7. The fraction of sp³-hybridized carbons (Fsp3) is 0.100. The predicted molar refractivity (Wildman–Crippen MR) is 92.5 cm³/mol. The van der Waals surface area contributed by atoms with E-state index in [1.54, 1.807) is 0 Å². The first-order chi connectivity index (χ1) is 12.1. The van der Waals surface area contributed by atoms with Crippen molar-refractivity contribution in [1.82, 2.24) is 5.32 Å². The van der Waals surface area contributed by atoms with Crippen molar-refractivity contribution in [1.29, 1.82) is 0 Å². The van der Waals surface area contributed by atoms with Gasteiger partial charge in [0.15, 0.2) is 0 Å². The molecule has 1 N–H and O–H groups in total. The molecule has 0 atom stereocenters. The Morgan fingerprint density at radius 2 is 1.72 bits per heavy atom. The Kier molecular flexibility index (Phi) is 5.04. The molecule has 0 spiro atoms. The van der Waals surface area contributed by atoms with E-state index < -0.39 is 17.7 Å². The molecule has 0 bridgehead atoms. The third-order valence-electron chi connectivity index (χ3n) is 3.75. The van der Waals surface area contributed by atoms with E-state index in [1.807, 2.05) is 42.5 Å². The van der Waals surface area contributed by atoms with Crippen molar-refractivity contribution in [2.45, 2.75) is 6.61 Å². The van der Waals surface area contributed by atoms with E-state index >= 15 is 0 Å². The van der Waals surface area contributed by atoms with Crippen LogP contribution in [0.15, 0.2) is 66.7 Å². The number of rotatable bonds is 5. The third kappa shape index (κ3) is 4.20. The van der Waals surface area contributed by atoms with Crippen molar-refractivity contribution in [2.24, 2.45) is 0 Å². The molecule has 3 rings (SSSR count). The van der Waals surface area contributed by atoms with E-state index in [0.29, 0.717) is 0 Å². The van der Waals surface area contributed by atoms with Gasteiger partial charge in [0.2, 0.25) is 0 Å². The van der Waals surface area contributed by atoms with Gasteiger partial charge in [0.1, 0.15) is 19.0 Å². The molecule has 0 unspecified atom stereocenters. The van der Waals surface area contributed by atoms with Crippen molar-refractivity contribution >= 4 is 22.6 Å². The highest BCUT2D eigenvalue weighted by Crippen LogP contribution is 2.19. The molecule has 1 amide bonds. The van der Waals surface area contributed by atoms with Gasteiger partial charge in [-0.1, -0.05) is 48.5 Å². The summed E-state index contributed by atoms with van der Waals surface area (Å²) in [7, 11) is 0. The first-order valence-corrected chi connectivity index (χ1v) is 7.79. The molecule has 0 saturated heterocycles. The lowest BCUT2D eigenvalue weighted by Gasteiger charge is -2.09. The summed E-state index contributed by atoms with van der Waals surface area (Å²) in [5, 5.41) is 4.50. The molecule has 0 aliphatic carbocycles. The van der Waals surface area contributed by atoms with Crippen LogP contribution in [0.25, 0.3) is 10.8 Å². The van der Waals surface area contributed by atoms with Gasteiger partial charge in [-0.05, 0) is 34.5 Å². The second-order valence-corrected chi connectivity index (χ2v) is 5.49. The van der Waals surface area contributed by atoms with Gasteiger partial charge in [0, 0.05) is 5.56 Å². The zero-order valence-corrected chi connectivity index (χ0v) is 13.4. The van der Waals surface area contributed by atoms with Crippen molar-refractivity contribution in [3.8, 4) is 0 Å². The Balaban J connectivity index is 1.55. The molecular weight excluding hydrogens is 321 g/mol. The molecule has 4 nitrogen and oxygen atoms in total. The SMILES string of the molecule is O=C(CNC(=O)c1cccc(F)c1)OCc1cccc2ccccc12. The summed E-state index contributed by atoms with van der Waals surface area (Å²) in [6.07, 6.45) is 0. The highest BCUT2D eigenvalue weighted by molar-refractivity contribution is 5.95. The molecule has 0 heterocycles. The van der Waals surface area contributed by atoms with E-state index in [9.17, 15) is 14.0 Å². The molecule has 0 radical (unpaired) electrons. The fourth-order valence-electron chi connectivity index (χ4n) is 2.51. The topological polar surface area (TPSA) is 55.4 Å². The van der Waals surface area contributed by atoms with Crippen LogP contribution in [0, 0.1) is 5.82 Å². The Bertz CT molecular complexity index is 918. The molecule has 126 valence electrons. The molecule has 0 aliphatic heterocycles. The van der Waals surface area contributed by atoms with E-state index in [1.165, 1.54) is 18.2 Å². The molecule has 5 heteroatoms. The lowest BCUT2D eigenvalue weighted by molar-refractivity contribution is -0.143. The summed E-state index contributed by atoms with van der Waals surface area (Å²) >= 11 is 0. The molecule has 25 heavy (non-hydrogen) atoms. The van der Waals surface area contributed by atoms with Gasteiger partial charge in [-0.15, -0.1) is 0 Å². The summed E-state index contributed by atoms with van der Waals surface area (Å²) in [5.41, 5.74) is 1.05. The maximum absolute atomic E-state index is 13.1. The van der Waals surface area contributed by atoms with Crippen LogP contribution in [0.5, 0.6) is 0 Å². The van der Waals surface area contributed by atoms with Gasteiger partial charge < -0.3 is 10.1 Å². The van der Waals surface area contributed by atoms with Crippen LogP contribution in [0.4, 0.5) is 4.39 Å². The molecular formula is C20H16FNO3. The number of nitrogens with one attached hydrogen (secondary N) is 1. The number of halogens is 1. The minimum atomic E-state index is -0.558. The van der Waals surface area contributed by atoms with Gasteiger partial charge in [0.25, 0.3) is 5.91 Å². The fourth-order valence-corrected chi connectivity index (χ4v) is 2.51. The predicted octanol–water partition coefficient (Wildman–Crippen LogP) is 3.45. The Labute approximate surface area is 144 Å². The first kappa shape index (κ1) is 16.6. The van der Waals surface area contributed by atoms with Crippen molar-refractivity contribution in [3.63, 3.8) is 0 Å². The minimum absolute atomic E-state index is 0.121. The number of amides is 1. The van der Waals surface area contributed by atoms with Crippen molar-refractivity contribution in [3.05, 3.63) is 83.7 Å². The largest absolute Gasteiger partial charge is 0.459 e. The number of benzene rings is 3. The quantitative estimate of drug-likeness (QED) is 0.726. The number of hydrogen-bond donors (Lipinski definition) is 1. The summed E-state index contributed by atoms with van der Waals surface area (Å²) < 4.78 is 18.3. The highest BCUT2D eigenvalue weighted by atomic mass is 19.1. The van der Waals surface area contributed by atoms with Crippen molar-refractivity contribution in [2.75, 3.05) is 6.54 Å². The zero-order valence-electron chi connectivity index (χ0n) is 13.4. The van der Waals surface area contributed by atoms with Gasteiger partial charge in [0.05, 0.1) is 0 Å². The summed E-state index contributed by atoms with van der Waals surface area (Å²) in [5.74, 6) is -1.59. The lowest BCUT2D eigenvalue weighted by atomic mass is 10.1. The average molecular weight is 337 g/mol. The number of esters is 1. The second-order valence-electron chi connectivity index (χ2n) is 5.49. The van der Waals surface area contributed by atoms with Crippen LogP contribution in [-0.4, -0.2) is 18.4 Å². The Morgan fingerprint density at radius 3 is 2.56 bits per heavy atom. The lowest BCUT2D eigenvalue weighted by Crippen LogP contribution is -2.30. The summed E-state index contributed by atoms with van der Waals surface area (Å²) in [6.45, 7) is -0.157. The van der Waals surface area contributed by atoms with E-state index in [0.717, 1.165) is 22.4 Å². The van der Waals surface area contributed by atoms with Crippen LogP contribution in [-0.2, 0) is 16.1 Å². The van der Waals surface area contributed by atoms with Crippen LogP contribution < -0.4 is 5.32 Å². The van der Waals surface area contributed by atoms with Gasteiger partial charge in [-0.2, -0.15) is 0 Å². The van der Waals surface area contributed by atoms with Gasteiger partial charge >= 0.3 is 5.97 Å². The maximum atomic E-state index is 13.1. The summed E-state index contributed by atoms with van der Waals surface area (Å²) in [6, 6.07) is 18.9. The monoisotopic (exact) mass is 337 g/mol. The normalized spacial score (nSPS) is 10.4. The molecule has 3 aromatic carbocycles. The van der Waals surface area contributed by atoms with Crippen LogP contribution in [0.1, 0.15) is 15.9 Å². The molecule has 0 aromatic heterocycles. The second kappa shape index (κ2) is 7.57. The minimum Gasteiger partial charge on any atom is -0.459 e. The van der Waals surface area contributed by atoms with Gasteiger partial charge in [-0.3, -0.25) is 9.59 Å². The van der Waals surface area contributed by atoms with Crippen LogP contribution in [0.2, 0.25) is 0 Å². The van der Waals surface area contributed by atoms with E-state index in [2.05, 4.69) is 5.32 Å². The number of ether oxygens (including phenoxy) is 1. The van der Waals surface area contributed by atoms with Crippen molar-refractivity contribution < 1.29 is 18.7 Å². The smallest absolute Gasteiger partial charge is 0.325 e. The number of carbonyl (C=O) groups excluding carboxylic acids is 2. The zero-order chi connectivity index (χ0) is 17.6. The van der Waals surface area contributed by atoms with Gasteiger partial charge in [-0.25, -0.2) is 4.39 Å². The number of fused-ring (bicyclic) bond motifs is 1. The molecule has 3 aromatic rings. The molecule has 0 saturated carbocycles. The Morgan fingerprint density at radius 1 is 0.960 bits per heavy atom. The van der Waals surface area contributed by atoms with Crippen LogP contribution >= 0.6 is 0 Å². The number of hydrogen-bond acceptors (Lipinski definition) is 3. The van der Waals surface area contributed by atoms with Crippen LogP contribution in [0.3, 0.4) is 0 Å². The van der Waals surface area contributed by atoms with E-state index in [4.69, 9.17) is 4.74 Å². The standard InChI is InChI=1S/C20H16FNO3/c21-17-9-4-7-15(11-17)20(24)22-12-19(23)25-13-16-8-3-6-14-5-1-2-10-18(14)16/h1-11H,12-13H2,(H,22,24). The third-order valence-corrected chi connectivity index (χ3v) is 3.75. The first-order valence-electron chi connectivity index (χ1n) is 7.79. The van der Waals surface area contributed by atoms with E-state index in [-0.39, 0.29) is 18.7 Å². The number of carbonyl (C=O) groups is 2. The highest BCUT2D eigenvalue weighted by Gasteiger charge is 2.10. The maximum Gasteiger partial charge on any atom is 0.325 e. The average Bonchev–Trinajstić information content (AvgIpc) is 2.64. The Hall–Kier alpha value is -3.21. The molecule has 0 fully saturated rings. The molecule has 0 aliphatic rings.